The number of aryl methyl sites for hydroxylation is 1. The Morgan fingerprint density at radius 2 is 2.26 bits per heavy atom. The highest BCUT2D eigenvalue weighted by Crippen LogP contribution is 2.37. The second kappa shape index (κ2) is 5.55. The second-order valence-corrected chi connectivity index (χ2v) is 5.23. The average Bonchev–Trinajstić information content (AvgIpc) is 2.85. The molecule has 1 aromatic rings. The Balaban J connectivity index is 2.18. The molecule has 5 heteroatoms. The smallest absolute Gasteiger partial charge is 0.311 e. The van der Waals surface area contributed by atoms with Crippen LogP contribution in [0.2, 0.25) is 0 Å². The minimum atomic E-state index is -0.679. The van der Waals surface area contributed by atoms with E-state index < -0.39 is 11.4 Å². The third kappa shape index (κ3) is 2.69. The van der Waals surface area contributed by atoms with Gasteiger partial charge in [-0.2, -0.15) is 0 Å². The van der Waals surface area contributed by atoms with Gasteiger partial charge in [0.25, 0.3) is 0 Å². The Hall–Kier alpha value is -1.65. The van der Waals surface area contributed by atoms with Crippen LogP contribution < -0.4 is 4.90 Å². The van der Waals surface area contributed by atoms with Gasteiger partial charge < -0.3 is 10.0 Å². The van der Waals surface area contributed by atoms with E-state index in [-0.39, 0.29) is 0 Å². The Morgan fingerprint density at radius 1 is 1.47 bits per heavy atom. The van der Waals surface area contributed by atoms with Crippen molar-refractivity contribution in [2.45, 2.75) is 39.5 Å². The molecule has 0 aromatic carbocycles. The summed E-state index contributed by atoms with van der Waals surface area (Å²) in [6.07, 6.45) is 4.74. The minimum Gasteiger partial charge on any atom is -0.481 e. The molecule has 104 valence electrons. The van der Waals surface area contributed by atoms with Crippen molar-refractivity contribution in [1.29, 1.82) is 0 Å². The van der Waals surface area contributed by atoms with Crippen LogP contribution in [0.1, 0.15) is 38.8 Å². The lowest BCUT2D eigenvalue weighted by molar-refractivity contribution is -0.148. The number of hydrogen-bond acceptors (Lipinski definition) is 4. The highest BCUT2D eigenvalue weighted by Gasteiger charge is 2.44. The Labute approximate surface area is 113 Å². The molecule has 0 saturated carbocycles. The summed E-state index contributed by atoms with van der Waals surface area (Å²) in [7, 11) is 0. The Kier molecular flexibility index (Phi) is 4.02. The first-order chi connectivity index (χ1) is 9.11. The topological polar surface area (TPSA) is 66.3 Å². The van der Waals surface area contributed by atoms with Gasteiger partial charge in [0, 0.05) is 24.8 Å². The van der Waals surface area contributed by atoms with Gasteiger partial charge in [-0.05, 0) is 19.3 Å². The van der Waals surface area contributed by atoms with Crippen molar-refractivity contribution < 1.29 is 9.90 Å². The molecule has 2 rings (SSSR count). The molecule has 1 fully saturated rings. The van der Waals surface area contributed by atoms with Crippen molar-refractivity contribution in [2.24, 2.45) is 5.41 Å². The van der Waals surface area contributed by atoms with Crippen LogP contribution in [0, 0.1) is 5.41 Å². The summed E-state index contributed by atoms with van der Waals surface area (Å²) >= 11 is 0. The van der Waals surface area contributed by atoms with Crippen LogP contribution in [0.4, 0.5) is 5.82 Å². The van der Waals surface area contributed by atoms with E-state index in [0.717, 1.165) is 37.3 Å². The van der Waals surface area contributed by atoms with Gasteiger partial charge in [-0.3, -0.25) is 4.79 Å². The standard InChI is InChI=1S/C14H21N3O2/c1-3-5-14(13(18)19)6-7-17(9-14)12-8-11(4-2)15-10-16-12/h8,10H,3-7,9H2,1-2H3,(H,18,19). The third-order valence-electron chi connectivity index (χ3n) is 3.93. The molecule has 1 aliphatic rings. The normalized spacial score (nSPS) is 22.7. The fourth-order valence-electron chi connectivity index (χ4n) is 2.78. The van der Waals surface area contributed by atoms with Gasteiger partial charge in [0.2, 0.25) is 0 Å². The van der Waals surface area contributed by atoms with Crippen LogP contribution >= 0.6 is 0 Å². The van der Waals surface area contributed by atoms with Crippen LogP contribution in [0.5, 0.6) is 0 Å². The number of nitrogens with zero attached hydrogens (tertiary/aromatic N) is 3. The van der Waals surface area contributed by atoms with Crippen LogP contribution in [0.15, 0.2) is 12.4 Å². The molecule has 0 bridgehead atoms. The largest absolute Gasteiger partial charge is 0.481 e. The second-order valence-electron chi connectivity index (χ2n) is 5.23. The quantitative estimate of drug-likeness (QED) is 0.881. The molecule has 0 aliphatic carbocycles. The van der Waals surface area contributed by atoms with Gasteiger partial charge in [0.1, 0.15) is 12.1 Å². The van der Waals surface area contributed by atoms with Gasteiger partial charge in [0.15, 0.2) is 0 Å². The van der Waals surface area contributed by atoms with Crippen molar-refractivity contribution in [3.05, 3.63) is 18.1 Å². The van der Waals surface area contributed by atoms with Crippen LogP contribution in [-0.2, 0) is 11.2 Å². The number of hydrogen-bond donors (Lipinski definition) is 1. The summed E-state index contributed by atoms with van der Waals surface area (Å²) in [4.78, 5) is 22.1. The zero-order valence-corrected chi connectivity index (χ0v) is 11.6. The zero-order valence-electron chi connectivity index (χ0n) is 11.6. The molecule has 1 aliphatic heterocycles. The molecule has 5 nitrogen and oxygen atoms in total. The predicted octanol–water partition coefficient (Wildman–Crippen LogP) is 2.12. The lowest BCUT2D eigenvalue weighted by Gasteiger charge is -2.24. The molecule has 2 heterocycles. The van der Waals surface area contributed by atoms with E-state index in [4.69, 9.17) is 0 Å². The summed E-state index contributed by atoms with van der Waals surface area (Å²) in [5.74, 6) is 0.174. The lowest BCUT2D eigenvalue weighted by atomic mass is 9.83. The number of carboxylic acids is 1. The first-order valence-electron chi connectivity index (χ1n) is 6.90. The van der Waals surface area contributed by atoms with Crippen molar-refractivity contribution in [2.75, 3.05) is 18.0 Å². The van der Waals surface area contributed by atoms with Gasteiger partial charge in [-0.1, -0.05) is 20.3 Å². The minimum absolute atomic E-state index is 0.552. The van der Waals surface area contributed by atoms with Crippen molar-refractivity contribution in [3.8, 4) is 0 Å². The van der Waals surface area contributed by atoms with E-state index in [1.165, 1.54) is 0 Å². The van der Waals surface area contributed by atoms with E-state index in [1.807, 2.05) is 13.0 Å². The first kappa shape index (κ1) is 13.8. The molecule has 1 saturated heterocycles. The molecule has 0 amide bonds. The third-order valence-corrected chi connectivity index (χ3v) is 3.93. The summed E-state index contributed by atoms with van der Waals surface area (Å²) < 4.78 is 0. The zero-order chi connectivity index (χ0) is 13.9. The van der Waals surface area contributed by atoms with E-state index in [2.05, 4.69) is 21.8 Å². The molecule has 19 heavy (non-hydrogen) atoms. The van der Waals surface area contributed by atoms with Crippen LogP contribution in [-0.4, -0.2) is 34.1 Å². The SMILES string of the molecule is CCCC1(C(=O)O)CCN(c2cc(CC)ncn2)C1. The maximum Gasteiger partial charge on any atom is 0.311 e. The fourth-order valence-corrected chi connectivity index (χ4v) is 2.78. The summed E-state index contributed by atoms with van der Waals surface area (Å²) in [5, 5.41) is 9.50. The molecule has 0 radical (unpaired) electrons. The summed E-state index contributed by atoms with van der Waals surface area (Å²) in [6, 6.07) is 1.96. The number of aliphatic carboxylic acids is 1. The molecule has 1 unspecified atom stereocenters. The van der Waals surface area contributed by atoms with E-state index in [9.17, 15) is 9.90 Å². The maximum atomic E-state index is 11.6. The van der Waals surface area contributed by atoms with Crippen LogP contribution in [0.3, 0.4) is 0 Å². The van der Waals surface area contributed by atoms with Gasteiger partial charge in [-0.15, -0.1) is 0 Å². The first-order valence-corrected chi connectivity index (χ1v) is 6.90. The molecule has 0 spiro atoms. The highest BCUT2D eigenvalue weighted by atomic mass is 16.4. The molecule has 1 N–H and O–H groups in total. The van der Waals surface area contributed by atoms with Gasteiger partial charge >= 0.3 is 5.97 Å². The maximum absolute atomic E-state index is 11.6. The van der Waals surface area contributed by atoms with Gasteiger partial charge in [-0.25, -0.2) is 9.97 Å². The number of anilines is 1. The Bertz CT molecular complexity index is 464. The molecular formula is C14H21N3O2. The number of carboxylic acid groups (broad SMARTS) is 1. The van der Waals surface area contributed by atoms with E-state index >= 15 is 0 Å². The lowest BCUT2D eigenvalue weighted by Crippen LogP contribution is -2.34. The summed E-state index contributed by atoms with van der Waals surface area (Å²) in [5.41, 5.74) is 0.389. The molecular weight excluding hydrogens is 242 g/mol. The van der Waals surface area contributed by atoms with E-state index in [1.54, 1.807) is 6.33 Å². The van der Waals surface area contributed by atoms with Crippen molar-refractivity contribution in [1.82, 2.24) is 9.97 Å². The van der Waals surface area contributed by atoms with Crippen molar-refractivity contribution >= 4 is 11.8 Å². The monoisotopic (exact) mass is 263 g/mol. The number of rotatable bonds is 5. The number of carbonyl (C=O) groups is 1. The van der Waals surface area contributed by atoms with Crippen LogP contribution in [0.25, 0.3) is 0 Å². The summed E-state index contributed by atoms with van der Waals surface area (Å²) in [6.45, 7) is 5.39. The predicted molar refractivity (Wildman–Crippen MR) is 73.2 cm³/mol. The average molecular weight is 263 g/mol. The number of aromatic nitrogens is 2. The molecule has 1 atom stereocenters. The van der Waals surface area contributed by atoms with E-state index in [0.29, 0.717) is 13.0 Å². The molecule has 1 aromatic heterocycles. The fraction of sp³-hybridized carbons (Fsp3) is 0.643. The van der Waals surface area contributed by atoms with Crippen molar-refractivity contribution in [3.63, 3.8) is 0 Å². The Morgan fingerprint density at radius 3 is 2.89 bits per heavy atom. The van der Waals surface area contributed by atoms with Gasteiger partial charge in [0.05, 0.1) is 5.41 Å². The highest BCUT2D eigenvalue weighted by molar-refractivity contribution is 5.76.